The third kappa shape index (κ3) is 2.51. The number of benzene rings is 1. The van der Waals surface area contributed by atoms with Gasteiger partial charge >= 0.3 is 0 Å². The standard InChI is InChI=1S/C13H16N4O/c1-9(10-3-5-11(14)6-4-10)16-13(18)12-7-8-15-17(12)2/h3-9H,14H2,1-2H3,(H,16,18). The number of carbonyl (C=O) groups excluding carboxylic acids is 1. The van der Waals surface area contributed by atoms with Gasteiger partial charge < -0.3 is 11.1 Å². The zero-order valence-corrected chi connectivity index (χ0v) is 10.4. The van der Waals surface area contributed by atoms with Crippen molar-refractivity contribution < 1.29 is 4.79 Å². The second-order valence-electron chi connectivity index (χ2n) is 4.20. The van der Waals surface area contributed by atoms with Gasteiger partial charge in [0.05, 0.1) is 6.04 Å². The van der Waals surface area contributed by atoms with E-state index in [9.17, 15) is 4.79 Å². The summed E-state index contributed by atoms with van der Waals surface area (Å²) < 4.78 is 1.55. The third-order valence-corrected chi connectivity index (χ3v) is 2.84. The molecule has 0 fully saturated rings. The third-order valence-electron chi connectivity index (χ3n) is 2.84. The van der Waals surface area contributed by atoms with Gasteiger partial charge in [-0.1, -0.05) is 12.1 Å². The van der Waals surface area contributed by atoms with E-state index >= 15 is 0 Å². The summed E-state index contributed by atoms with van der Waals surface area (Å²) in [6, 6.07) is 9.07. The monoisotopic (exact) mass is 244 g/mol. The van der Waals surface area contributed by atoms with Gasteiger partial charge in [-0.15, -0.1) is 0 Å². The molecule has 2 aromatic rings. The largest absolute Gasteiger partial charge is 0.399 e. The molecule has 3 N–H and O–H groups in total. The number of carbonyl (C=O) groups is 1. The summed E-state index contributed by atoms with van der Waals surface area (Å²) in [5, 5.41) is 6.89. The van der Waals surface area contributed by atoms with Crippen molar-refractivity contribution in [3.63, 3.8) is 0 Å². The molecule has 1 aromatic heterocycles. The zero-order valence-electron chi connectivity index (χ0n) is 10.4. The Balaban J connectivity index is 2.08. The summed E-state index contributed by atoms with van der Waals surface area (Å²) >= 11 is 0. The maximum atomic E-state index is 12.0. The van der Waals surface area contributed by atoms with Crippen molar-refractivity contribution in [2.45, 2.75) is 13.0 Å². The van der Waals surface area contributed by atoms with Crippen LogP contribution in [-0.4, -0.2) is 15.7 Å². The smallest absolute Gasteiger partial charge is 0.270 e. The number of aryl methyl sites for hydroxylation is 1. The van der Waals surface area contributed by atoms with Gasteiger partial charge in [0.15, 0.2) is 0 Å². The molecule has 0 bridgehead atoms. The molecule has 5 nitrogen and oxygen atoms in total. The van der Waals surface area contributed by atoms with Gasteiger partial charge in [-0.25, -0.2) is 0 Å². The van der Waals surface area contributed by atoms with Crippen molar-refractivity contribution in [2.24, 2.45) is 7.05 Å². The molecule has 94 valence electrons. The first kappa shape index (κ1) is 12.2. The molecule has 0 spiro atoms. The molecule has 1 atom stereocenters. The molecule has 1 aromatic carbocycles. The molecular weight excluding hydrogens is 228 g/mol. The highest BCUT2D eigenvalue weighted by atomic mass is 16.2. The van der Waals surface area contributed by atoms with Crippen LogP contribution in [0.2, 0.25) is 0 Å². The van der Waals surface area contributed by atoms with E-state index in [0.717, 1.165) is 5.56 Å². The fraction of sp³-hybridized carbons (Fsp3) is 0.231. The highest BCUT2D eigenvalue weighted by Gasteiger charge is 2.13. The second-order valence-corrected chi connectivity index (χ2v) is 4.20. The minimum absolute atomic E-state index is 0.0759. The lowest BCUT2D eigenvalue weighted by atomic mass is 10.1. The Bertz CT molecular complexity index is 544. The topological polar surface area (TPSA) is 72.9 Å². The summed E-state index contributed by atoms with van der Waals surface area (Å²) in [7, 11) is 1.74. The highest BCUT2D eigenvalue weighted by Crippen LogP contribution is 2.14. The van der Waals surface area contributed by atoms with Gasteiger partial charge in [0, 0.05) is 18.9 Å². The maximum Gasteiger partial charge on any atom is 0.270 e. The molecule has 0 radical (unpaired) electrons. The van der Waals surface area contributed by atoms with E-state index in [1.807, 2.05) is 31.2 Å². The first-order valence-corrected chi connectivity index (χ1v) is 5.72. The summed E-state index contributed by atoms with van der Waals surface area (Å²) in [5.41, 5.74) is 7.89. The fourth-order valence-electron chi connectivity index (χ4n) is 1.74. The SMILES string of the molecule is CC(NC(=O)c1ccnn1C)c1ccc(N)cc1. The highest BCUT2D eigenvalue weighted by molar-refractivity contribution is 5.92. The van der Waals surface area contributed by atoms with Crippen molar-refractivity contribution in [1.82, 2.24) is 15.1 Å². The molecule has 0 aliphatic carbocycles. The number of aromatic nitrogens is 2. The predicted octanol–water partition coefficient (Wildman–Crippen LogP) is 1.49. The van der Waals surface area contributed by atoms with Crippen molar-refractivity contribution in [1.29, 1.82) is 0 Å². The minimum atomic E-state index is -0.140. The van der Waals surface area contributed by atoms with Crippen molar-refractivity contribution in [3.8, 4) is 0 Å². The van der Waals surface area contributed by atoms with Crippen molar-refractivity contribution in [3.05, 3.63) is 47.8 Å². The van der Waals surface area contributed by atoms with E-state index in [4.69, 9.17) is 5.73 Å². The number of hydrogen-bond acceptors (Lipinski definition) is 3. The average molecular weight is 244 g/mol. The van der Waals surface area contributed by atoms with E-state index < -0.39 is 0 Å². The summed E-state index contributed by atoms with van der Waals surface area (Å²) in [5.74, 6) is -0.140. The van der Waals surface area contributed by atoms with Crippen LogP contribution in [0, 0.1) is 0 Å². The van der Waals surface area contributed by atoms with Crippen LogP contribution in [0.3, 0.4) is 0 Å². The zero-order chi connectivity index (χ0) is 13.1. The minimum Gasteiger partial charge on any atom is -0.399 e. The quantitative estimate of drug-likeness (QED) is 0.803. The molecule has 0 saturated heterocycles. The predicted molar refractivity (Wildman–Crippen MR) is 69.9 cm³/mol. The lowest BCUT2D eigenvalue weighted by molar-refractivity contribution is 0.0930. The normalized spacial score (nSPS) is 12.1. The van der Waals surface area contributed by atoms with E-state index in [0.29, 0.717) is 11.4 Å². The Kier molecular flexibility index (Phi) is 3.32. The summed E-state index contributed by atoms with van der Waals surface area (Å²) in [6.07, 6.45) is 1.60. The van der Waals surface area contributed by atoms with Gasteiger partial charge in [-0.3, -0.25) is 9.48 Å². The molecule has 5 heteroatoms. The van der Waals surface area contributed by atoms with E-state index in [1.54, 1.807) is 24.0 Å². The molecule has 1 amide bonds. The number of nitrogens with two attached hydrogens (primary N) is 1. The van der Waals surface area contributed by atoms with Crippen LogP contribution >= 0.6 is 0 Å². The molecule has 18 heavy (non-hydrogen) atoms. The average Bonchev–Trinajstić information content (AvgIpc) is 2.76. The van der Waals surface area contributed by atoms with Crippen LogP contribution in [0.4, 0.5) is 5.69 Å². The maximum absolute atomic E-state index is 12.0. The van der Waals surface area contributed by atoms with Gasteiger partial charge in [0.2, 0.25) is 0 Å². The van der Waals surface area contributed by atoms with E-state index in [-0.39, 0.29) is 11.9 Å². The van der Waals surface area contributed by atoms with Crippen LogP contribution in [0.5, 0.6) is 0 Å². The Labute approximate surface area is 106 Å². The molecule has 0 aliphatic heterocycles. The van der Waals surface area contributed by atoms with Crippen molar-refractivity contribution >= 4 is 11.6 Å². The van der Waals surface area contributed by atoms with Gasteiger partial charge in [0.1, 0.15) is 5.69 Å². The van der Waals surface area contributed by atoms with Crippen LogP contribution < -0.4 is 11.1 Å². The fourth-order valence-corrected chi connectivity index (χ4v) is 1.74. The Morgan fingerprint density at radius 3 is 2.56 bits per heavy atom. The first-order valence-electron chi connectivity index (χ1n) is 5.72. The Hall–Kier alpha value is -2.30. The van der Waals surface area contributed by atoms with Crippen LogP contribution in [0.15, 0.2) is 36.5 Å². The number of amides is 1. The molecular formula is C13H16N4O. The number of hydrogen-bond donors (Lipinski definition) is 2. The van der Waals surface area contributed by atoms with Crippen LogP contribution in [-0.2, 0) is 7.05 Å². The molecule has 2 rings (SSSR count). The molecule has 1 unspecified atom stereocenters. The number of nitrogen functional groups attached to an aromatic ring is 1. The van der Waals surface area contributed by atoms with Gasteiger partial charge in [-0.2, -0.15) is 5.10 Å². The van der Waals surface area contributed by atoms with Gasteiger partial charge in [-0.05, 0) is 30.7 Å². The number of rotatable bonds is 3. The Morgan fingerprint density at radius 1 is 1.33 bits per heavy atom. The van der Waals surface area contributed by atoms with E-state index in [2.05, 4.69) is 10.4 Å². The first-order chi connectivity index (χ1) is 8.58. The summed E-state index contributed by atoms with van der Waals surface area (Å²) in [4.78, 5) is 12.0. The number of nitrogens with one attached hydrogen (secondary N) is 1. The van der Waals surface area contributed by atoms with Gasteiger partial charge in [0.25, 0.3) is 5.91 Å². The number of nitrogens with zero attached hydrogens (tertiary/aromatic N) is 2. The molecule has 0 saturated carbocycles. The van der Waals surface area contributed by atoms with E-state index in [1.165, 1.54) is 0 Å². The lowest BCUT2D eigenvalue weighted by Gasteiger charge is -2.14. The molecule has 0 aliphatic rings. The second kappa shape index (κ2) is 4.91. The summed E-state index contributed by atoms with van der Waals surface area (Å²) in [6.45, 7) is 1.93. The van der Waals surface area contributed by atoms with Crippen LogP contribution in [0.1, 0.15) is 29.0 Å². The molecule has 1 heterocycles. The van der Waals surface area contributed by atoms with Crippen LogP contribution in [0.25, 0.3) is 0 Å². The Morgan fingerprint density at radius 2 is 2.00 bits per heavy atom. The van der Waals surface area contributed by atoms with Crippen molar-refractivity contribution in [2.75, 3.05) is 5.73 Å². The lowest BCUT2D eigenvalue weighted by Crippen LogP contribution is -2.28. The number of anilines is 1.